The first-order valence-electron chi connectivity index (χ1n) is 10.6. The van der Waals surface area contributed by atoms with Crippen molar-refractivity contribution in [2.45, 2.75) is 30.4 Å². The molecule has 0 spiro atoms. The Morgan fingerprint density at radius 1 is 1.22 bits per heavy atom. The van der Waals surface area contributed by atoms with E-state index in [1.54, 1.807) is 17.3 Å². The monoisotopic (exact) mass is 479 g/mol. The highest BCUT2D eigenvalue weighted by atomic mass is 35.5. The normalized spacial score (nSPS) is 19.7. The molecular weight excluding hydrogens is 454 g/mol. The van der Waals surface area contributed by atoms with Crippen LogP contribution in [0.1, 0.15) is 28.8 Å². The van der Waals surface area contributed by atoms with E-state index >= 15 is 0 Å². The van der Waals surface area contributed by atoms with Gasteiger partial charge in [-0.25, -0.2) is 8.42 Å². The van der Waals surface area contributed by atoms with Gasteiger partial charge in [0.15, 0.2) is 0 Å². The Morgan fingerprint density at radius 3 is 2.72 bits per heavy atom. The van der Waals surface area contributed by atoms with Crippen LogP contribution in [-0.2, 0) is 26.0 Å². The molecule has 0 bridgehead atoms. The lowest BCUT2D eigenvalue weighted by Gasteiger charge is -2.27. The number of rotatable bonds is 7. The van der Waals surface area contributed by atoms with E-state index in [-0.39, 0.29) is 40.6 Å². The van der Waals surface area contributed by atoms with Gasteiger partial charge < -0.3 is 14.4 Å². The van der Waals surface area contributed by atoms with Crippen molar-refractivity contribution < 1.29 is 22.7 Å². The van der Waals surface area contributed by atoms with Crippen LogP contribution in [0.3, 0.4) is 0 Å². The van der Waals surface area contributed by atoms with Crippen LogP contribution >= 0.6 is 11.6 Å². The predicted molar refractivity (Wildman–Crippen MR) is 119 cm³/mol. The van der Waals surface area contributed by atoms with E-state index in [4.69, 9.17) is 21.1 Å². The van der Waals surface area contributed by atoms with Crippen LogP contribution in [0.4, 0.5) is 0 Å². The minimum absolute atomic E-state index is 0.0468. The fourth-order valence-electron chi connectivity index (χ4n) is 3.90. The van der Waals surface area contributed by atoms with E-state index in [0.29, 0.717) is 32.9 Å². The number of nitrogens with zero attached hydrogens (tertiary/aromatic N) is 3. The van der Waals surface area contributed by atoms with Crippen molar-refractivity contribution in [3.8, 4) is 0 Å². The minimum atomic E-state index is -3.75. The molecule has 1 aromatic carbocycles. The maximum atomic E-state index is 13.6. The minimum Gasteiger partial charge on any atom is -0.379 e. The average Bonchev–Trinajstić information content (AvgIpc) is 3.33. The lowest BCUT2D eigenvalue weighted by molar-refractivity contribution is 0.0507. The van der Waals surface area contributed by atoms with Crippen molar-refractivity contribution in [2.75, 3.05) is 39.5 Å². The number of ether oxygens (including phenoxy) is 2. The summed E-state index contributed by atoms with van der Waals surface area (Å²) in [5, 5.41) is 0.208. The predicted octanol–water partition coefficient (Wildman–Crippen LogP) is 2.58. The van der Waals surface area contributed by atoms with E-state index in [9.17, 15) is 13.2 Å². The molecular formula is C22H26ClN3O5S. The zero-order valence-corrected chi connectivity index (χ0v) is 19.2. The fourth-order valence-corrected chi connectivity index (χ4v) is 5.53. The van der Waals surface area contributed by atoms with Crippen molar-refractivity contribution in [3.05, 3.63) is 58.9 Å². The number of pyridine rings is 1. The molecule has 0 saturated carbocycles. The zero-order chi connectivity index (χ0) is 22.6. The molecule has 2 fully saturated rings. The third kappa shape index (κ3) is 5.29. The van der Waals surface area contributed by atoms with Gasteiger partial charge in [-0.15, -0.1) is 0 Å². The van der Waals surface area contributed by atoms with Gasteiger partial charge in [0, 0.05) is 45.2 Å². The quantitative estimate of drug-likeness (QED) is 0.606. The number of benzene rings is 1. The number of hydrogen-bond donors (Lipinski definition) is 0. The highest BCUT2D eigenvalue weighted by Crippen LogP contribution is 2.26. The molecule has 32 heavy (non-hydrogen) atoms. The summed E-state index contributed by atoms with van der Waals surface area (Å²) in [5.74, 6) is -0.339. The Labute approximate surface area is 193 Å². The summed E-state index contributed by atoms with van der Waals surface area (Å²) < 4.78 is 38.5. The summed E-state index contributed by atoms with van der Waals surface area (Å²) in [6.07, 6.45) is 5.14. The number of halogens is 1. The van der Waals surface area contributed by atoms with Crippen LogP contribution in [-0.4, -0.2) is 74.1 Å². The first-order chi connectivity index (χ1) is 15.4. The molecule has 0 N–H and O–H groups in total. The highest BCUT2D eigenvalue weighted by molar-refractivity contribution is 7.89. The third-order valence-electron chi connectivity index (χ3n) is 5.61. The number of sulfonamides is 1. The molecule has 2 saturated heterocycles. The maximum absolute atomic E-state index is 13.6. The molecule has 3 heterocycles. The average molecular weight is 480 g/mol. The van der Waals surface area contributed by atoms with Crippen molar-refractivity contribution in [1.82, 2.24) is 14.2 Å². The summed E-state index contributed by atoms with van der Waals surface area (Å²) in [6, 6.07) is 7.99. The molecule has 1 amide bonds. The molecule has 2 aliphatic rings. The van der Waals surface area contributed by atoms with E-state index in [1.165, 1.54) is 22.5 Å². The number of hydrogen-bond acceptors (Lipinski definition) is 6. The molecule has 4 rings (SSSR count). The zero-order valence-electron chi connectivity index (χ0n) is 17.7. The third-order valence-corrected chi connectivity index (χ3v) is 7.83. The lowest BCUT2D eigenvalue weighted by atomic mass is 10.1. The summed E-state index contributed by atoms with van der Waals surface area (Å²) in [7, 11) is -3.75. The molecule has 10 heteroatoms. The second-order valence-corrected chi connectivity index (χ2v) is 10.2. The van der Waals surface area contributed by atoms with Crippen molar-refractivity contribution in [2.24, 2.45) is 0 Å². The number of amides is 1. The maximum Gasteiger partial charge on any atom is 0.255 e. The summed E-state index contributed by atoms with van der Waals surface area (Å²) in [6.45, 7) is 2.64. The van der Waals surface area contributed by atoms with Gasteiger partial charge >= 0.3 is 0 Å². The molecule has 172 valence electrons. The van der Waals surface area contributed by atoms with Crippen LogP contribution in [0, 0.1) is 0 Å². The number of morpholine rings is 1. The Hall–Kier alpha value is -2.04. The molecule has 1 aromatic heterocycles. The molecule has 0 radical (unpaired) electrons. The first kappa shape index (κ1) is 23.1. The largest absolute Gasteiger partial charge is 0.379 e. The Balaban J connectivity index is 1.62. The van der Waals surface area contributed by atoms with Gasteiger partial charge in [-0.3, -0.25) is 9.78 Å². The smallest absolute Gasteiger partial charge is 0.255 e. The summed E-state index contributed by atoms with van der Waals surface area (Å²) >= 11 is 6.37. The first-order valence-corrected chi connectivity index (χ1v) is 12.4. The molecule has 1 atom stereocenters. The van der Waals surface area contributed by atoms with E-state index in [1.807, 2.05) is 12.1 Å². The Kier molecular flexibility index (Phi) is 7.42. The van der Waals surface area contributed by atoms with E-state index in [2.05, 4.69) is 4.98 Å². The lowest BCUT2D eigenvalue weighted by Crippen LogP contribution is -2.40. The molecule has 8 nitrogen and oxygen atoms in total. The van der Waals surface area contributed by atoms with Gasteiger partial charge in [-0.2, -0.15) is 4.31 Å². The van der Waals surface area contributed by atoms with Crippen LogP contribution in [0.5, 0.6) is 0 Å². The summed E-state index contributed by atoms with van der Waals surface area (Å²) in [5.41, 5.74) is 1.02. The van der Waals surface area contributed by atoms with Crippen molar-refractivity contribution in [3.63, 3.8) is 0 Å². The highest BCUT2D eigenvalue weighted by Gasteiger charge is 2.29. The molecule has 1 unspecified atom stereocenters. The van der Waals surface area contributed by atoms with Gasteiger partial charge in [-0.05, 0) is 42.7 Å². The van der Waals surface area contributed by atoms with E-state index < -0.39 is 10.0 Å². The SMILES string of the molecule is O=C(c1cc(S(=O)(=O)N2CCOCC2)ccc1Cl)N(Cc1cccnc1)CC1CCCO1. The molecule has 0 aliphatic carbocycles. The van der Waals surface area contributed by atoms with Gasteiger partial charge in [0.05, 0.1) is 34.8 Å². The van der Waals surface area contributed by atoms with Gasteiger partial charge in [0.2, 0.25) is 10.0 Å². The van der Waals surface area contributed by atoms with Crippen LogP contribution in [0.15, 0.2) is 47.6 Å². The Morgan fingerprint density at radius 2 is 2.03 bits per heavy atom. The van der Waals surface area contributed by atoms with Crippen molar-refractivity contribution >= 4 is 27.5 Å². The number of carbonyl (C=O) groups excluding carboxylic acids is 1. The number of carbonyl (C=O) groups is 1. The van der Waals surface area contributed by atoms with E-state index in [0.717, 1.165) is 18.4 Å². The topological polar surface area (TPSA) is 89.0 Å². The standard InChI is InChI=1S/C22H26ClN3O5S/c23-21-6-5-19(32(28,29)26-8-11-30-12-9-26)13-20(21)22(27)25(16-18-4-2-10-31-18)15-17-3-1-7-24-14-17/h1,3,5-7,13-14,18H,2,4,8-12,15-16H2. The summed E-state index contributed by atoms with van der Waals surface area (Å²) in [4.78, 5) is 19.4. The molecule has 2 aliphatic heterocycles. The second kappa shape index (κ2) is 10.3. The molecule has 2 aromatic rings. The Bertz CT molecular complexity index is 1040. The van der Waals surface area contributed by atoms with Crippen LogP contribution in [0.2, 0.25) is 5.02 Å². The van der Waals surface area contributed by atoms with Gasteiger partial charge in [0.1, 0.15) is 0 Å². The number of aromatic nitrogens is 1. The van der Waals surface area contributed by atoms with Crippen molar-refractivity contribution in [1.29, 1.82) is 0 Å². The van der Waals surface area contributed by atoms with Gasteiger partial charge in [0.25, 0.3) is 5.91 Å². The van der Waals surface area contributed by atoms with Crippen LogP contribution < -0.4 is 0 Å². The second-order valence-electron chi connectivity index (χ2n) is 7.84. The van der Waals surface area contributed by atoms with Crippen LogP contribution in [0.25, 0.3) is 0 Å². The van der Waals surface area contributed by atoms with Gasteiger partial charge in [-0.1, -0.05) is 17.7 Å². The fraction of sp³-hybridized carbons (Fsp3) is 0.455.